The molecule has 0 amide bonds. The fraction of sp³-hybridized carbons (Fsp3) is 0.381. The van der Waals surface area contributed by atoms with Gasteiger partial charge < -0.3 is 14.6 Å². The first kappa shape index (κ1) is 22.1. The molecule has 2 aromatic heterocycles. The average molecular weight is 434 g/mol. The molecule has 160 valence electrons. The molecule has 30 heavy (non-hydrogen) atoms. The lowest BCUT2D eigenvalue weighted by Crippen LogP contribution is -2.31. The molecule has 9 heteroatoms. The average Bonchev–Trinajstić information content (AvgIpc) is 3.03. The maximum Gasteiger partial charge on any atom is 0.348 e. The lowest BCUT2D eigenvalue weighted by Gasteiger charge is -2.15. The Morgan fingerprint density at radius 2 is 2.07 bits per heavy atom. The van der Waals surface area contributed by atoms with Crippen LogP contribution in [-0.4, -0.2) is 39.9 Å². The van der Waals surface area contributed by atoms with Gasteiger partial charge in [0.2, 0.25) is 0 Å². The van der Waals surface area contributed by atoms with Crippen LogP contribution in [0, 0.1) is 19.7 Å². The number of aliphatic hydroxyl groups is 1. The number of carbonyl (C=O) groups excluding carboxylic acids is 1. The molecule has 0 fully saturated rings. The third kappa shape index (κ3) is 4.58. The molecule has 0 radical (unpaired) electrons. The van der Waals surface area contributed by atoms with Gasteiger partial charge in [0.1, 0.15) is 21.3 Å². The standard InChI is InChI=1S/C21H23FN2O5S/c1-4-29-21(27)18-12(2)17-19(30-18)23-13(3)24(20(17)26)9-15(25)11-28-10-14-7-5-6-8-16(14)22/h5-8,15,25H,4,9-11H2,1-3H3/t15-/m0/s1. The van der Waals surface area contributed by atoms with E-state index >= 15 is 0 Å². The third-order valence-electron chi connectivity index (χ3n) is 4.62. The maximum absolute atomic E-state index is 13.6. The third-order valence-corrected chi connectivity index (χ3v) is 5.79. The van der Waals surface area contributed by atoms with E-state index in [9.17, 15) is 19.1 Å². The fourth-order valence-electron chi connectivity index (χ4n) is 3.11. The van der Waals surface area contributed by atoms with Crippen molar-refractivity contribution >= 4 is 27.5 Å². The number of carbonyl (C=O) groups is 1. The molecule has 0 aliphatic rings. The van der Waals surface area contributed by atoms with Gasteiger partial charge in [0, 0.05) is 5.56 Å². The summed E-state index contributed by atoms with van der Waals surface area (Å²) in [5.41, 5.74) is 0.571. The summed E-state index contributed by atoms with van der Waals surface area (Å²) in [6.45, 7) is 5.20. The number of rotatable bonds is 8. The van der Waals surface area contributed by atoms with Crippen LogP contribution in [-0.2, 0) is 22.6 Å². The predicted octanol–water partition coefficient (Wildman–Crippen LogP) is 2.97. The molecule has 1 N–H and O–H groups in total. The zero-order chi connectivity index (χ0) is 21.8. The smallest absolute Gasteiger partial charge is 0.348 e. The number of halogens is 1. The van der Waals surface area contributed by atoms with Crippen molar-refractivity contribution < 1.29 is 23.8 Å². The molecule has 0 aliphatic carbocycles. The van der Waals surface area contributed by atoms with Crippen molar-refractivity contribution in [3.8, 4) is 0 Å². The number of nitrogens with zero attached hydrogens (tertiary/aromatic N) is 2. The fourth-order valence-corrected chi connectivity index (χ4v) is 4.22. The number of aryl methyl sites for hydroxylation is 2. The number of esters is 1. The monoisotopic (exact) mass is 434 g/mol. The summed E-state index contributed by atoms with van der Waals surface area (Å²) in [5, 5.41) is 10.7. The van der Waals surface area contributed by atoms with Gasteiger partial charge in [-0.15, -0.1) is 11.3 Å². The minimum Gasteiger partial charge on any atom is -0.462 e. The summed E-state index contributed by atoms with van der Waals surface area (Å²) in [6.07, 6.45) is -0.990. The second-order valence-electron chi connectivity index (χ2n) is 6.79. The molecular weight excluding hydrogens is 411 g/mol. The van der Waals surface area contributed by atoms with Crippen LogP contribution < -0.4 is 5.56 Å². The van der Waals surface area contributed by atoms with E-state index in [1.165, 1.54) is 10.6 Å². The molecular formula is C21H23FN2O5S. The van der Waals surface area contributed by atoms with Crippen molar-refractivity contribution in [1.29, 1.82) is 0 Å². The van der Waals surface area contributed by atoms with Gasteiger partial charge in [-0.2, -0.15) is 0 Å². The Hall–Kier alpha value is -2.62. The maximum atomic E-state index is 13.6. The van der Waals surface area contributed by atoms with Crippen LogP contribution in [0.25, 0.3) is 10.2 Å². The van der Waals surface area contributed by atoms with Gasteiger partial charge in [0.25, 0.3) is 5.56 Å². The van der Waals surface area contributed by atoms with Gasteiger partial charge in [-0.3, -0.25) is 9.36 Å². The Morgan fingerprint density at radius 1 is 1.33 bits per heavy atom. The van der Waals surface area contributed by atoms with Crippen molar-refractivity contribution in [3.63, 3.8) is 0 Å². The molecule has 0 saturated heterocycles. The molecule has 0 unspecified atom stereocenters. The van der Waals surface area contributed by atoms with E-state index in [4.69, 9.17) is 9.47 Å². The Balaban J connectivity index is 1.77. The van der Waals surface area contributed by atoms with Crippen molar-refractivity contribution in [2.45, 2.75) is 40.0 Å². The number of hydrogen-bond acceptors (Lipinski definition) is 7. The zero-order valence-electron chi connectivity index (χ0n) is 17.0. The highest BCUT2D eigenvalue weighted by atomic mass is 32.1. The number of aliphatic hydroxyl groups excluding tert-OH is 1. The molecule has 7 nitrogen and oxygen atoms in total. The Kier molecular flexibility index (Phi) is 6.96. The normalized spacial score (nSPS) is 12.3. The number of ether oxygens (including phenoxy) is 2. The predicted molar refractivity (Wildman–Crippen MR) is 111 cm³/mol. The van der Waals surface area contributed by atoms with Gasteiger partial charge in [0.05, 0.1) is 37.9 Å². The summed E-state index contributed by atoms with van der Waals surface area (Å²) in [7, 11) is 0. The molecule has 1 atom stereocenters. The van der Waals surface area contributed by atoms with Crippen LogP contribution in [0.15, 0.2) is 29.1 Å². The molecule has 0 bridgehead atoms. The van der Waals surface area contributed by atoms with Crippen molar-refractivity contribution in [3.05, 3.63) is 62.3 Å². The van der Waals surface area contributed by atoms with Crippen LogP contribution >= 0.6 is 11.3 Å². The first-order valence-corrected chi connectivity index (χ1v) is 10.3. The molecule has 0 aliphatic heterocycles. The summed E-state index contributed by atoms with van der Waals surface area (Å²) < 4.78 is 25.4. The molecule has 3 aromatic rings. The van der Waals surface area contributed by atoms with Crippen molar-refractivity contribution in [2.75, 3.05) is 13.2 Å². The van der Waals surface area contributed by atoms with E-state index in [1.807, 2.05) is 0 Å². The van der Waals surface area contributed by atoms with E-state index < -0.39 is 12.1 Å². The van der Waals surface area contributed by atoms with Gasteiger partial charge in [-0.25, -0.2) is 14.2 Å². The first-order chi connectivity index (χ1) is 14.3. The lowest BCUT2D eigenvalue weighted by molar-refractivity contribution is 0.0186. The Bertz CT molecular complexity index is 1120. The molecule has 1 aromatic carbocycles. The van der Waals surface area contributed by atoms with Gasteiger partial charge in [0.15, 0.2) is 0 Å². The SMILES string of the molecule is CCOC(=O)c1sc2nc(C)n(C[C@H](O)COCc3ccccc3F)c(=O)c2c1C. The van der Waals surface area contributed by atoms with Crippen molar-refractivity contribution in [1.82, 2.24) is 9.55 Å². The molecule has 2 heterocycles. The highest BCUT2D eigenvalue weighted by molar-refractivity contribution is 7.20. The van der Waals surface area contributed by atoms with Crippen molar-refractivity contribution in [2.24, 2.45) is 0 Å². The number of benzene rings is 1. The second kappa shape index (κ2) is 9.46. The molecule has 0 spiro atoms. The van der Waals surface area contributed by atoms with Crippen LogP contribution in [0.2, 0.25) is 0 Å². The summed E-state index contributed by atoms with van der Waals surface area (Å²) in [4.78, 5) is 30.4. The topological polar surface area (TPSA) is 90.7 Å². The zero-order valence-corrected chi connectivity index (χ0v) is 17.8. The van der Waals surface area contributed by atoms with E-state index in [0.717, 1.165) is 11.3 Å². The number of fused-ring (bicyclic) bond motifs is 1. The van der Waals surface area contributed by atoms with Crippen LogP contribution in [0.3, 0.4) is 0 Å². The van der Waals surface area contributed by atoms with Gasteiger partial charge >= 0.3 is 5.97 Å². The quantitative estimate of drug-likeness (QED) is 0.548. The minimum absolute atomic E-state index is 0.0153. The minimum atomic E-state index is -0.990. The summed E-state index contributed by atoms with van der Waals surface area (Å²) >= 11 is 1.12. The summed E-state index contributed by atoms with van der Waals surface area (Å²) in [6, 6.07) is 6.24. The lowest BCUT2D eigenvalue weighted by atomic mass is 10.2. The molecule has 0 saturated carbocycles. The Morgan fingerprint density at radius 3 is 2.77 bits per heavy atom. The van der Waals surface area contributed by atoms with E-state index in [1.54, 1.807) is 39.0 Å². The largest absolute Gasteiger partial charge is 0.462 e. The van der Waals surface area contributed by atoms with Gasteiger partial charge in [-0.05, 0) is 32.4 Å². The molecule has 3 rings (SSSR count). The van der Waals surface area contributed by atoms with E-state index in [-0.39, 0.29) is 37.7 Å². The first-order valence-electron chi connectivity index (χ1n) is 9.50. The van der Waals surface area contributed by atoms with Crippen LogP contribution in [0.4, 0.5) is 4.39 Å². The van der Waals surface area contributed by atoms with E-state index in [0.29, 0.717) is 32.0 Å². The van der Waals surface area contributed by atoms with E-state index in [2.05, 4.69) is 4.98 Å². The number of hydrogen-bond donors (Lipinski definition) is 1. The summed E-state index contributed by atoms with van der Waals surface area (Å²) in [5.74, 6) is -0.445. The highest BCUT2D eigenvalue weighted by Crippen LogP contribution is 2.28. The van der Waals surface area contributed by atoms with Crippen LogP contribution in [0.5, 0.6) is 0 Å². The highest BCUT2D eigenvalue weighted by Gasteiger charge is 2.22. The van der Waals surface area contributed by atoms with Crippen LogP contribution in [0.1, 0.15) is 33.5 Å². The number of thiophene rings is 1. The van der Waals surface area contributed by atoms with Gasteiger partial charge in [-0.1, -0.05) is 18.2 Å². The second-order valence-corrected chi connectivity index (χ2v) is 7.79. The number of aromatic nitrogens is 2. The Labute approximate surface area is 176 Å².